The third-order valence-electron chi connectivity index (χ3n) is 3.77. The van der Waals surface area contributed by atoms with Gasteiger partial charge in [-0.05, 0) is 31.7 Å². The molecule has 0 saturated heterocycles. The highest BCUT2D eigenvalue weighted by atomic mass is 35.5. The number of halogens is 1. The summed E-state index contributed by atoms with van der Waals surface area (Å²) in [5.41, 5.74) is 3.45. The number of hydrogen-bond acceptors (Lipinski definition) is 4. The Bertz CT molecular complexity index is 819. The molecule has 0 saturated carbocycles. The molecule has 1 aromatic heterocycles. The normalized spacial score (nSPS) is 10.9. The Morgan fingerprint density at radius 1 is 0.960 bits per heavy atom. The highest BCUT2D eigenvalue weighted by Gasteiger charge is 2.08. The van der Waals surface area contributed by atoms with E-state index in [-0.39, 0.29) is 0 Å². The Labute approximate surface area is 153 Å². The number of aromatic nitrogens is 2. The quantitative estimate of drug-likeness (QED) is 0.646. The van der Waals surface area contributed by atoms with Gasteiger partial charge in [0.25, 0.3) is 0 Å². The van der Waals surface area contributed by atoms with Crippen molar-refractivity contribution in [3.8, 4) is 0 Å². The second kappa shape index (κ2) is 8.10. The zero-order valence-electron chi connectivity index (χ0n) is 14.4. The fourth-order valence-electron chi connectivity index (χ4n) is 2.58. The van der Waals surface area contributed by atoms with E-state index >= 15 is 0 Å². The maximum Gasteiger partial charge on any atom is 0.146 e. The van der Waals surface area contributed by atoms with Gasteiger partial charge in [0.2, 0.25) is 0 Å². The number of nitrogens with zero attached hydrogens (tertiary/aromatic N) is 3. The van der Waals surface area contributed by atoms with Gasteiger partial charge in [0.1, 0.15) is 16.8 Å². The zero-order valence-corrected chi connectivity index (χ0v) is 15.2. The predicted molar refractivity (Wildman–Crippen MR) is 103 cm³/mol. The molecule has 0 atom stereocenters. The lowest BCUT2D eigenvalue weighted by atomic mass is 10.2. The molecule has 3 rings (SSSR count). The molecule has 0 bridgehead atoms. The Hall–Kier alpha value is -2.43. The number of hydrogen-bond donors (Lipinski definition) is 1. The van der Waals surface area contributed by atoms with E-state index in [4.69, 9.17) is 11.6 Å². The molecule has 0 aliphatic heterocycles. The minimum atomic E-state index is 0.438. The summed E-state index contributed by atoms with van der Waals surface area (Å²) >= 11 is 6.18. The van der Waals surface area contributed by atoms with Crippen LogP contribution in [-0.4, -0.2) is 21.9 Å². The molecule has 2 aromatic carbocycles. The van der Waals surface area contributed by atoms with Crippen molar-refractivity contribution in [2.24, 2.45) is 0 Å². The van der Waals surface area contributed by atoms with Gasteiger partial charge in [-0.1, -0.05) is 59.6 Å². The Balaban J connectivity index is 1.69. The fraction of sp³-hybridized carbons (Fsp3) is 0.200. The van der Waals surface area contributed by atoms with Gasteiger partial charge in [0.05, 0.1) is 6.54 Å². The molecule has 0 fully saturated rings. The van der Waals surface area contributed by atoms with Crippen LogP contribution in [0.3, 0.4) is 0 Å². The van der Waals surface area contributed by atoms with Crippen LogP contribution in [0.5, 0.6) is 0 Å². The lowest BCUT2D eigenvalue weighted by Crippen LogP contribution is -2.19. The van der Waals surface area contributed by atoms with Gasteiger partial charge in [-0.25, -0.2) is 9.97 Å². The Kier molecular flexibility index (Phi) is 5.64. The molecule has 0 amide bonds. The molecule has 3 aromatic rings. The summed E-state index contributed by atoms with van der Waals surface area (Å²) in [6.45, 7) is 3.52. The lowest BCUT2D eigenvalue weighted by molar-refractivity contribution is 0.311. The molecule has 1 N–H and O–H groups in total. The number of rotatable bonds is 6. The van der Waals surface area contributed by atoms with Gasteiger partial charge in [-0.3, -0.25) is 4.90 Å². The number of anilines is 2. The molecular weight excluding hydrogens is 332 g/mol. The average Bonchev–Trinajstić information content (AvgIpc) is 2.57. The topological polar surface area (TPSA) is 41.1 Å². The second-order valence-corrected chi connectivity index (χ2v) is 6.53. The van der Waals surface area contributed by atoms with Crippen LogP contribution in [0.2, 0.25) is 5.15 Å². The van der Waals surface area contributed by atoms with Crippen molar-refractivity contribution in [2.45, 2.75) is 20.0 Å². The summed E-state index contributed by atoms with van der Waals surface area (Å²) in [6.07, 6.45) is 0. The van der Waals surface area contributed by atoms with Crippen LogP contribution in [-0.2, 0) is 13.1 Å². The minimum Gasteiger partial charge on any atom is -0.340 e. The first-order valence-electron chi connectivity index (χ1n) is 8.18. The fourth-order valence-corrected chi connectivity index (χ4v) is 2.78. The van der Waals surface area contributed by atoms with Crippen molar-refractivity contribution < 1.29 is 0 Å². The summed E-state index contributed by atoms with van der Waals surface area (Å²) in [4.78, 5) is 11.1. The number of aryl methyl sites for hydroxylation is 1. The van der Waals surface area contributed by atoms with Crippen LogP contribution in [0.15, 0.2) is 60.7 Å². The van der Waals surface area contributed by atoms with E-state index in [1.807, 2.05) is 37.4 Å². The SMILES string of the molecule is Cc1ccc(Nc2cc(Cl)nc(CN(C)Cc3ccccc3)n2)cc1. The minimum absolute atomic E-state index is 0.438. The molecule has 0 aliphatic carbocycles. The van der Waals surface area contributed by atoms with Crippen molar-refractivity contribution in [1.82, 2.24) is 14.9 Å². The van der Waals surface area contributed by atoms with Crippen molar-refractivity contribution in [2.75, 3.05) is 12.4 Å². The molecule has 0 unspecified atom stereocenters. The summed E-state index contributed by atoms with van der Waals surface area (Å²) in [7, 11) is 2.05. The third kappa shape index (κ3) is 5.28. The van der Waals surface area contributed by atoms with E-state index in [0.29, 0.717) is 23.3 Å². The first-order chi connectivity index (χ1) is 12.1. The van der Waals surface area contributed by atoms with Gasteiger partial charge in [0.15, 0.2) is 0 Å². The average molecular weight is 353 g/mol. The van der Waals surface area contributed by atoms with Crippen molar-refractivity contribution in [3.63, 3.8) is 0 Å². The molecule has 25 heavy (non-hydrogen) atoms. The first kappa shape index (κ1) is 17.4. The van der Waals surface area contributed by atoms with E-state index < -0.39 is 0 Å². The smallest absolute Gasteiger partial charge is 0.146 e. The van der Waals surface area contributed by atoms with Crippen LogP contribution in [0.1, 0.15) is 17.0 Å². The standard InChI is InChI=1S/C20H21ClN4/c1-15-8-10-17(11-9-15)22-19-12-18(21)23-20(24-19)14-25(2)13-16-6-4-3-5-7-16/h3-12H,13-14H2,1-2H3,(H,22,23,24). The van der Waals surface area contributed by atoms with Crippen LogP contribution in [0.25, 0.3) is 0 Å². The third-order valence-corrected chi connectivity index (χ3v) is 3.97. The lowest BCUT2D eigenvalue weighted by Gasteiger charge is -2.16. The zero-order chi connectivity index (χ0) is 17.6. The summed E-state index contributed by atoms with van der Waals surface area (Å²) < 4.78 is 0. The van der Waals surface area contributed by atoms with Crippen LogP contribution in [0, 0.1) is 6.92 Å². The van der Waals surface area contributed by atoms with Crippen molar-refractivity contribution in [1.29, 1.82) is 0 Å². The van der Waals surface area contributed by atoms with Gasteiger partial charge in [0, 0.05) is 18.3 Å². The maximum absolute atomic E-state index is 6.18. The predicted octanol–water partition coefficient (Wildman–Crippen LogP) is 4.81. The van der Waals surface area contributed by atoms with Crippen molar-refractivity contribution >= 4 is 23.1 Å². The summed E-state index contributed by atoms with van der Waals surface area (Å²) in [6, 6.07) is 20.2. The van der Waals surface area contributed by atoms with Crippen LogP contribution in [0.4, 0.5) is 11.5 Å². The molecule has 4 nitrogen and oxygen atoms in total. The van der Waals surface area contributed by atoms with Gasteiger partial charge in [-0.15, -0.1) is 0 Å². The maximum atomic E-state index is 6.18. The summed E-state index contributed by atoms with van der Waals surface area (Å²) in [5, 5.41) is 3.72. The Morgan fingerprint density at radius 2 is 1.68 bits per heavy atom. The molecule has 5 heteroatoms. The van der Waals surface area contributed by atoms with Gasteiger partial charge in [-0.2, -0.15) is 0 Å². The van der Waals surface area contributed by atoms with E-state index in [1.165, 1.54) is 11.1 Å². The largest absolute Gasteiger partial charge is 0.340 e. The Morgan fingerprint density at radius 3 is 2.40 bits per heavy atom. The van der Waals surface area contributed by atoms with E-state index in [0.717, 1.165) is 12.2 Å². The molecule has 0 spiro atoms. The molecule has 128 valence electrons. The number of benzene rings is 2. The van der Waals surface area contributed by atoms with E-state index in [2.05, 4.69) is 51.4 Å². The molecular formula is C20H21ClN4. The van der Waals surface area contributed by atoms with E-state index in [1.54, 1.807) is 6.07 Å². The molecule has 0 aliphatic rings. The van der Waals surface area contributed by atoms with Gasteiger partial charge >= 0.3 is 0 Å². The highest BCUT2D eigenvalue weighted by Crippen LogP contribution is 2.18. The summed E-state index contributed by atoms with van der Waals surface area (Å²) in [5.74, 6) is 1.40. The molecule has 1 heterocycles. The monoisotopic (exact) mass is 352 g/mol. The van der Waals surface area contributed by atoms with Crippen molar-refractivity contribution in [3.05, 3.63) is 82.8 Å². The van der Waals surface area contributed by atoms with E-state index in [9.17, 15) is 0 Å². The van der Waals surface area contributed by atoms with Crippen LogP contribution < -0.4 is 5.32 Å². The first-order valence-corrected chi connectivity index (χ1v) is 8.56. The second-order valence-electron chi connectivity index (χ2n) is 6.14. The van der Waals surface area contributed by atoms with Crippen LogP contribution >= 0.6 is 11.6 Å². The molecule has 0 radical (unpaired) electrons. The highest BCUT2D eigenvalue weighted by molar-refractivity contribution is 6.29. The van der Waals surface area contributed by atoms with Gasteiger partial charge < -0.3 is 5.32 Å². The number of nitrogens with one attached hydrogen (secondary N) is 1.